The molecule has 0 radical (unpaired) electrons. The summed E-state index contributed by atoms with van der Waals surface area (Å²) in [6, 6.07) is 4.71. The monoisotopic (exact) mass is 274 g/mol. The van der Waals surface area contributed by atoms with Crippen LogP contribution in [0, 0.1) is 0 Å². The summed E-state index contributed by atoms with van der Waals surface area (Å²) in [7, 11) is -0.869. The maximum Gasteiger partial charge on any atom is 0.251 e. The Balaban J connectivity index is 2.52. The first-order chi connectivity index (χ1) is 8.04. The molecular formula is C11H15ClN2O2S. The van der Waals surface area contributed by atoms with Gasteiger partial charge in [0.2, 0.25) is 0 Å². The summed E-state index contributed by atoms with van der Waals surface area (Å²) in [5, 5.41) is 3.04. The van der Waals surface area contributed by atoms with Crippen molar-refractivity contribution in [2.24, 2.45) is 0 Å². The molecule has 94 valence electrons. The topological polar surface area (TPSA) is 72.2 Å². The highest BCUT2D eigenvalue weighted by molar-refractivity contribution is 7.84. The van der Waals surface area contributed by atoms with E-state index in [0.29, 0.717) is 34.3 Å². The molecule has 17 heavy (non-hydrogen) atoms. The number of benzene rings is 1. The zero-order valence-corrected chi connectivity index (χ0v) is 11.1. The van der Waals surface area contributed by atoms with Crippen molar-refractivity contribution >= 4 is 34.0 Å². The SMILES string of the molecule is CCS(=O)CCNC(=O)c1ccc(N)c(Cl)c1. The van der Waals surface area contributed by atoms with Crippen molar-refractivity contribution in [2.45, 2.75) is 6.92 Å². The third-order valence-corrected chi connectivity index (χ3v) is 3.83. The maximum atomic E-state index is 11.7. The Morgan fingerprint density at radius 3 is 2.82 bits per heavy atom. The molecule has 0 aliphatic carbocycles. The summed E-state index contributed by atoms with van der Waals surface area (Å²) in [6.45, 7) is 2.24. The van der Waals surface area contributed by atoms with E-state index < -0.39 is 10.8 Å². The average molecular weight is 275 g/mol. The van der Waals surface area contributed by atoms with E-state index in [0.717, 1.165) is 0 Å². The first-order valence-corrected chi connectivity index (χ1v) is 7.09. The summed E-state index contributed by atoms with van der Waals surface area (Å²) in [5.41, 5.74) is 6.43. The van der Waals surface area contributed by atoms with Gasteiger partial charge in [-0.2, -0.15) is 0 Å². The van der Waals surface area contributed by atoms with Gasteiger partial charge in [-0.15, -0.1) is 0 Å². The number of hydrogen-bond acceptors (Lipinski definition) is 3. The molecule has 1 rings (SSSR count). The van der Waals surface area contributed by atoms with Gasteiger partial charge in [-0.1, -0.05) is 18.5 Å². The van der Waals surface area contributed by atoms with Crippen molar-refractivity contribution in [3.63, 3.8) is 0 Å². The van der Waals surface area contributed by atoms with Gasteiger partial charge < -0.3 is 11.1 Å². The molecule has 0 spiro atoms. The molecule has 1 unspecified atom stereocenters. The molecule has 3 N–H and O–H groups in total. The molecule has 1 atom stereocenters. The van der Waals surface area contributed by atoms with Crippen LogP contribution >= 0.6 is 11.6 Å². The predicted molar refractivity (Wildman–Crippen MR) is 71.7 cm³/mol. The molecule has 0 fully saturated rings. The number of nitrogens with two attached hydrogens (primary N) is 1. The van der Waals surface area contributed by atoms with Gasteiger partial charge in [-0.25, -0.2) is 0 Å². The van der Waals surface area contributed by atoms with Gasteiger partial charge in [0.05, 0.1) is 10.7 Å². The lowest BCUT2D eigenvalue weighted by molar-refractivity contribution is 0.0956. The minimum absolute atomic E-state index is 0.236. The Kier molecular flexibility index (Phi) is 5.44. The Morgan fingerprint density at radius 2 is 2.24 bits per heavy atom. The van der Waals surface area contributed by atoms with Crippen molar-refractivity contribution in [3.05, 3.63) is 28.8 Å². The number of hydrogen-bond donors (Lipinski definition) is 2. The lowest BCUT2D eigenvalue weighted by Crippen LogP contribution is -2.28. The molecule has 4 nitrogen and oxygen atoms in total. The molecular weight excluding hydrogens is 260 g/mol. The molecule has 0 aromatic heterocycles. The number of carbonyl (C=O) groups excluding carboxylic acids is 1. The highest BCUT2D eigenvalue weighted by atomic mass is 35.5. The quantitative estimate of drug-likeness (QED) is 0.798. The number of nitrogens with one attached hydrogen (secondary N) is 1. The standard InChI is InChI=1S/C11H15ClN2O2S/c1-2-17(16)6-5-14-11(15)8-3-4-10(13)9(12)7-8/h3-4,7H,2,5-6,13H2,1H3,(H,14,15). The molecule has 0 bridgehead atoms. The Morgan fingerprint density at radius 1 is 1.53 bits per heavy atom. The molecule has 1 amide bonds. The van der Waals surface area contributed by atoms with E-state index in [-0.39, 0.29) is 5.91 Å². The van der Waals surface area contributed by atoms with Crippen molar-refractivity contribution in [1.82, 2.24) is 5.32 Å². The van der Waals surface area contributed by atoms with E-state index in [1.807, 2.05) is 6.92 Å². The summed E-state index contributed by atoms with van der Waals surface area (Å²) in [6.07, 6.45) is 0. The highest BCUT2D eigenvalue weighted by Crippen LogP contribution is 2.19. The summed E-state index contributed by atoms with van der Waals surface area (Å²) < 4.78 is 11.2. The van der Waals surface area contributed by atoms with Crippen molar-refractivity contribution < 1.29 is 9.00 Å². The highest BCUT2D eigenvalue weighted by Gasteiger charge is 2.07. The Hall–Kier alpha value is -1.07. The van der Waals surface area contributed by atoms with E-state index in [1.54, 1.807) is 12.1 Å². The molecule has 6 heteroatoms. The number of amides is 1. The van der Waals surface area contributed by atoms with Crippen molar-refractivity contribution in [3.8, 4) is 0 Å². The maximum absolute atomic E-state index is 11.7. The third-order valence-electron chi connectivity index (χ3n) is 2.20. The van der Waals surface area contributed by atoms with Gasteiger partial charge in [0.1, 0.15) is 0 Å². The van der Waals surface area contributed by atoms with Crippen LogP contribution in [0.5, 0.6) is 0 Å². The summed E-state index contributed by atoms with van der Waals surface area (Å²) in [4.78, 5) is 11.7. The molecule has 1 aromatic carbocycles. The second-order valence-electron chi connectivity index (χ2n) is 3.42. The van der Waals surface area contributed by atoms with Gasteiger partial charge in [0.25, 0.3) is 5.91 Å². The van der Waals surface area contributed by atoms with Crippen LogP contribution in [-0.4, -0.2) is 28.2 Å². The zero-order valence-electron chi connectivity index (χ0n) is 9.53. The van der Waals surface area contributed by atoms with E-state index in [1.165, 1.54) is 6.07 Å². The minimum Gasteiger partial charge on any atom is -0.398 e. The molecule has 0 heterocycles. The fourth-order valence-electron chi connectivity index (χ4n) is 1.19. The van der Waals surface area contributed by atoms with Crippen molar-refractivity contribution in [2.75, 3.05) is 23.8 Å². The fourth-order valence-corrected chi connectivity index (χ4v) is 1.99. The van der Waals surface area contributed by atoms with Crippen LogP contribution in [-0.2, 0) is 10.8 Å². The van der Waals surface area contributed by atoms with Crippen LogP contribution in [0.3, 0.4) is 0 Å². The largest absolute Gasteiger partial charge is 0.398 e. The number of nitrogen functional groups attached to an aromatic ring is 1. The molecule has 0 aliphatic rings. The van der Waals surface area contributed by atoms with E-state index >= 15 is 0 Å². The average Bonchev–Trinajstić information content (AvgIpc) is 2.32. The van der Waals surface area contributed by atoms with Crippen LogP contribution < -0.4 is 11.1 Å². The minimum atomic E-state index is -0.869. The first-order valence-electron chi connectivity index (χ1n) is 5.22. The van der Waals surface area contributed by atoms with Gasteiger partial charge in [-0.3, -0.25) is 9.00 Å². The normalized spacial score (nSPS) is 12.1. The van der Waals surface area contributed by atoms with Crippen LogP contribution in [0.2, 0.25) is 5.02 Å². The number of halogens is 1. The number of carbonyl (C=O) groups is 1. The second kappa shape index (κ2) is 6.61. The van der Waals surface area contributed by atoms with Gasteiger partial charge >= 0.3 is 0 Å². The summed E-state index contributed by atoms with van der Waals surface area (Å²) in [5.74, 6) is 0.828. The smallest absolute Gasteiger partial charge is 0.251 e. The molecule has 0 aliphatic heterocycles. The van der Waals surface area contributed by atoms with E-state index in [2.05, 4.69) is 5.32 Å². The van der Waals surface area contributed by atoms with E-state index in [9.17, 15) is 9.00 Å². The van der Waals surface area contributed by atoms with Crippen LogP contribution in [0.15, 0.2) is 18.2 Å². The second-order valence-corrected chi connectivity index (χ2v) is 5.70. The number of rotatable bonds is 5. The van der Waals surface area contributed by atoms with Crippen molar-refractivity contribution in [1.29, 1.82) is 0 Å². The summed E-state index contributed by atoms with van der Waals surface area (Å²) >= 11 is 5.81. The molecule has 0 saturated carbocycles. The van der Waals surface area contributed by atoms with Gasteiger partial charge in [0.15, 0.2) is 0 Å². The van der Waals surface area contributed by atoms with Crippen LogP contribution in [0.4, 0.5) is 5.69 Å². The van der Waals surface area contributed by atoms with Gasteiger partial charge in [0, 0.05) is 34.4 Å². The third kappa shape index (κ3) is 4.36. The van der Waals surface area contributed by atoms with Gasteiger partial charge in [-0.05, 0) is 18.2 Å². The first kappa shape index (κ1) is 14.0. The lowest BCUT2D eigenvalue weighted by Gasteiger charge is -2.06. The van der Waals surface area contributed by atoms with E-state index in [4.69, 9.17) is 17.3 Å². The fraction of sp³-hybridized carbons (Fsp3) is 0.364. The zero-order chi connectivity index (χ0) is 12.8. The molecule has 0 saturated heterocycles. The predicted octanol–water partition coefficient (Wildman–Crippen LogP) is 1.42. The Bertz CT molecular complexity index is 437. The Labute approximate surface area is 108 Å². The molecule has 1 aromatic rings. The van der Waals surface area contributed by atoms with Crippen LogP contribution in [0.1, 0.15) is 17.3 Å². The van der Waals surface area contributed by atoms with Crippen LogP contribution in [0.25, 0.3) is 0 Å². The lowest BCUT2D eigenvalue weighted by atomic mass is 10.2. The number of anilines is 1.